The second kappa shape index (κ2) is 14.0. The monoisotopic (exact) mass is 384 g/mol. The molecule has 1 aliphatic heterocycles. The number of ether oxygens (including phenoxy) is 3. The molecule has 3 heteroatoms. The van der Waals surface area contributed by atoms with E-state index < -0.39 is 5.79 Å². The summed E-state index contributed by atoms with van der Waals surface area (Å²) >= 11 is 0. The van der Waals surface area contributed by atoms with Crippen LogP contribution in [0.2, 0.25) is 0 Å². The molecule has 1 fully saturated rings. The molecular formula is C24H48O3. The van der Waals surface area contributed by atoms with Crippen molar-refractivity contribution < 1.29 is 14.2 Å². The van der Waals surface area contributed by atoms with Crippen molar-refractivity contribution in [2.45, 2.75) is 117 Å². The second-order valence-corrected chi connectivity index (χ2v) is 8.96. The summed E-state index contributed by atoms with van der Waals surface area (Å²) in [6, 6.07) is 0. The van der Waals surface area contributed by atoms with E-state index in [1.807, 2.05) is 0 Å². The van der Waals surface area contributed by atoms with E-state index in [9.17, 15) is 0 Å². The summed E-state index contributed by atoms with van der Waals surface area (Å²) in [6.45, 7) is 14.7. The Bertz CT molecular complexity index is 344. The first-order valence-corrected chi connectivity index (χ1v) is 11.9. The lowest BCUT2D eigenvalue weighted by Crippen LogP contribution is -2.46. The van der Waals surface area contributed by atoms with Gasteiger partial charge >= 0.3 is 0 Å². The molecule has 1 atom stereocenters. The summed E-state index contributed by atoms with van der Waals surface area (Å²) in [4.78, 5) is 0. The fourth-order valence-corrected chi connectivity index (χ4v) is 4.19. The first kappa shape index (κ1) is 24.9. The van der Waals surface area contributed by atoms with Crippen LogP contribution in [0.25, 0.3) is 0 Å². The SMILES string of the molecule is CCCCCCCCC(CCC1(C)COC1)C(CC)(OCCC)OCCC. The molecule has 0 aromatic rings. The van der Waals surface area contributed by atoms with Gasteiger partial charge in [0, 0.05) is 24.5 Å². The molecule has 162 valence electrons. The van der Waals surface area contributed by atoms with Gasteiger partial charge < -0.3 is 14.2 Å². The fourth-order valence-electron chi connectivity index (χ4n) is 4.19. The van der Waals surface area contributed by atoms with Crippen LogP contribution in [0.4, 0.5) is 0 Å². The first-order chi connectivity index (χ1) is 13.1. The van der Waals surface area contributed by atoms with E-state index in [1.54, 1.807) is 0 Å². The van der Waals surface area contributed by atoms with Crippen LogP contribution in [0.1, 0.15) is 112 Å². The Morgan fingerprint density at radius 1 is 0.815 bits per heavy atom. The molecule has 1 rings (SSSR count). The Kier molecular flexibility index (Phi) is 12.9. The van der Waals surface area contributed by atoms with Gasteiger partial charge in [0.05, 0.1) is 13.2 Å². The van der Waals surface area contributed by atoms with Crippen molar-refractivity contribution >= 4 is 0 Å². The number of hydrogen-bond donors (Lipinski definition) is 0. The zero-order chi connectivity index (χ0) is 20.0. The molecule has 0 spiro atoms. The number of unbranched alkanes of at least 4 members (excludes halogenated alkanes) is 5. The zero-order valence-corrected chi connectivity index (χ0v) is 19.1. The third-order valence-corrected chi connectivity index (χ3v) is 6.12. The van der Waals surface area contributed by atoms with E-state index in [0.29, 0.717) is 11.3 Å². The van der Waals surface area contributed by atoms with E-state index in [-0.39, 0.29) is 0 Å². The van der Waals surface area contributed by atoms with Gasteiger partial charge in [-0.2, -0.15) is 0 Å². The van der Waals surface area contributed by atoms with E-state index in [4.69, 9.17) is 14.2 Å². The van der Waals surface area contributed by atoms with Crippen molar-refractivity contribution in [3.8, 4) is 0 Å². The minimum atomic E-state index is -0.392. The lowest BCUT2D eigenvalue weighted by molar-refractivity contribution is -0.273. The zero-order valence-electron chi connectivity index (χ0n) is 19.1. The van der Waals surface area contributed by atoms with Gasteiger partial charge in [-0.1, -0.05) is 73.1 Å². The van der Waals surface area contributed by atoms with Crippen molar-refractivity contribution in [3.63, 3.8) is 0 Å². The number of rotatable bonds is 18. The van der Waals surface area contributed by atoms with Crippen LogP contribution in [0, 0.1) is 11.3 Å². The molecule has 27 heavy (non-hydrogen) atoms. The molecule has 1 aliphatic rings. The molecule has 3 nitrogen and oxygen atoms in total. The topological polar surface area (TPSA) is 27.7 Å². The van der Waals surface area contributed by atoms with Gasteiger partial charge in [0.15, 0.2) is 5.79 Å². The lowest BCUT2D eigenvalue weighted by atomic mass is 9.77. The van der Waals surface area contributed by atoms with E-state index in [0.717, 1.165) is 45.7 Å². The van der Waals surface area contributed by atoms with Crippen LogP contribution in [-0.4, -0.2) is 32.2 Å². The minimum Gasteiger partial charge on any atom is -0.380 e. The molecule has 1 heterocycles. The van der Waals surface area contributed by atoms with Crippen LogP contribution >= 0.6 is 0 Å². The third-order valence-electron chi connectivity index (χ3n) is 6.12. The van der Waals surface area contributed by atoms with E-state index >= 15 is 0 Å². The van der Waals surface area contributed by atoms with Gasteiger partial charge in [0.1, 0.15) is 0 Å². The minimum absolute atomic E-state index is 0.369. The first-order valence-electron chi connectivity index (χ1n) is 11.9. The highest BCUT2D eigenvalue weighted by Gasteiger charge is 2.41. The molecule has 0 saturated carbocycles. The quantitative estimate of drug-likeness (QED) is 0.186. The summed E-state index contributed by atoms with van der Waals surface area (Å²) < 4.78 is 18.4. The van der Waals surface area contributed by atoms with Gasteiger partial charge in [-0.15, -0.1) is 0 Å². The van der Waals surface area contributed by atoms with E-state index in [2.05, 4.69) is 34.6 Å². The van der Waals surface area contributed by atoms with Gasteiger partial charge in [-0.25, -0.2) is 0 Å². The maximum Gasteiger partial charge on any atom is 0.170 e. The molecule has 0 N–H and O–H groups in total. The Hall–Kier alpha value is -0.120. The summed E-state index contributed by atoms with van der Waals surface area (Å²) in [5.74, 6) is 0.0975. The van der Waals surface area contributed by atoms with E-state index in [1.165, 1.54) is 57.8 Å². The fraction of sp³-hybridized carbons (Fsp3) is 1.00. The number of hydrogen-bond acceptors (Lipinski definition) is 3. The third kappa shape index (κ3) is 8.83. The molecule has 0 radical (unpaired) electrons. The Balaban J connectivity index is 2.71. The summed E-state index contributed by atoms with van der Waals surface area (Å²) in [7, 11) is 0. The highest BCUT2D eigenvalue weighted by atomic mass is 16.7. The van der Waals surface area contributed by atoms with Gasteiger partial charge in [0.25, 0.3) is 0 Å². The molecule has 0 aromatic heterocycles. The molecular weight excluding hydrogens is 336 g/mol. The molecule has 1 unspecified atom stereocenters. The average Bonchev–Trinajstić information content (AvgIpc) is 2.66. The van der Waals surface area contributed by atoms with Gasteiger partial charge in [0.2, 0.25) is 0 Å². The standard InChI is InChI=1S/C24H48O3/c1-6-10-11-12-13-14-15-22(16-17-23(5)20-25-21-23)24(9-4,26-18-7-2)27-19-8-3/h22H,6-21H2,1-5H3. The van der Waals surface area contributed by atoms with Crippen molar-refractivity contribution in [2.24, 2.45) is 11.3 Å². The highest BCUT2D eigenvalue weighted by Crippen LogP contribution is 2.40. The van der Waals surface area contributed by atoms with Gasteiger partial charge in [-0.05, 0) is 38.5 Å². The van der Waals surface area contributed by atoms with Crippen LogP contribution in [-0.2, 0) is 14.2 Å². The van der Waals surface area contributed by atoms with Crippen molar-refractivity contribution in [2.75, 3.05) is 26.4 Å². The van der Waals surface area contributed by atoms with Crippen LogP contribution in [0.15, 0.2) is 0 Å². The van der Waals surface area contributed by atoms with Crippen LogP contribution in [0.3, 0.4) is 0 Å². The largest absolute Gasteiger partial charge is 0.380 e. The maximum atomic E-state index is 6.45. The normalized spacial score (nSPS) is 17.7. The Morgan fingerprint density at radius 3 is 1.89 bits per heavy atom. The summed E-state index contributed by atoms with van der Waals surface area (Å²) in [6.07, 6.45) is 14.8. The molecule has 1 saturated heterocycles. The van der Waals surface area contributed by atoms with Crippen molar-refractivity contribution in [3.05, 3.63) is 0 Å². The molecule has 0 aliphatic carbocycles. The molecule has 0 aromatic carbocycles. The predicted molar refractivity (Wildman–Crippen MR) is 115 cm³/mol. The van der Waals surface area contributed by atoms with Crippen LogP contribution < -0.4 is 0 Å². The molecule has 0 bridgehead atoms. The highest BCUT2D eigenvalue weighted by molar-refractivity contribution is 4.86. The Morgan fingerprint density at radius 2 is 1.41 bits per heavy atom. The van der Waals surface area contributed by atoms with Crippen molar-refractivity contribution in [1.82, 2.24) is 0 Å². The lowest BCUT2D eigenvalue weighted by Gasteiger charge is -2.43. The predicted octanol–water partition coefficient (Wildman–Crippen LogP) is 7.13. The summed E-state index contributed by atoms with van der Waals surface area (Å²) in [5.41, 5.74) is 0.369. The van der Waals surface area contributed by atoms with Crippen molar-refractivity contribution in [1.29, 1.82) is 0 Å². The second-order valence-electron chi connectivity index (χ2n) is 8.96. The molecule has 0 amide bonds. The smallest absolute Gasteiger partial charge is 0.170 e. The maximum absolute atomic E-state index is 6.45. The van der Waals surface area contributed by atoms with Crippen LogP contribution in [0.5, 0.6) is 0 Å². The van der Waals surface area contributed by atoms with Gasteiger partial charge in [-0.3, -0.25) is 0 Å². The summed E-state index contributed by atoms with van der Waals surface area (Å²) in [5, 5.41) is 0. The Labute approximate surface area is 169 Å². The average molecular weight is 385 g/mol.